The van der Waals surface area contributed by atoms with Crippen molar-refractivity contribution in [2.24, 2.45) is 0 Å². The van der Waals surface area contributed by atoms with Gasteiger partial charge in [-0.1, -0.05) is 18.2 Å². The van der Waals surface area contributed by atoms with E-state index in [1.54, 1.807) is 25.1 Å². The summed E-state index contributed by atoms with van der Waals surface area (Å²) in [6.07, 6.45) is 0. The molecule has 6 heteroatoms. The van der Waals surface area contributed by atoms with E-state index < -0.39 is 5.97 Å². The molecule has 1 heterocycles. The number of nitrogens with zero attached hydrogens (tertiary/aromatic N) is 2. The van der Waals surface area contributed by atoms with Crippen molar-refractivity contribution >= 4 is 5.97 Å². The predicted octanol–water partition coefficient (Wildman–Crippen LogP) is 1.31. The number of aromatic nitrogens is 2. The SMILES string of the molecule is COc1nc(C)cc(=O)n1Cc1ccccc1C(=O)O. The summed E-state index contributed by atoms with van der Waals surface area (Å²) < 4.78 is 6.38. The third-order valence-corrected chi connectivity index (χ3v) is 2.86. The third kappa shape index (κ3) is 2.69. The minimum Gasteiger partial charge on any atom is -0.478 e. The molecule has 0 aliphatic heterocycles. The summed E-state index contributed by atoms with van der Waals surface area (Å²) >= 11 is 0. The first kappa shape index (κ1) is 13.8. The minimum absolute atomic E-state index is 0.0950. The number of hydrogen-bond acceptors (Lipinski definition) is 4. The second-order valence-electron chi connectivity index (χ2n) is 4.27. The highest BCUT2D eigenvalue weighted by Gasteiger charge is 2.13. The van der Waals surface area contributed by atoms with Crippen molar-refractivity contribution in [1.82, 2.24) is 9.55 Å². The molecule has 0 amide bonds. The first-order chi connectivity index (χ1) is 9.52. The molecule has 1 aromatic heterocycles. The van der Waals surface area contributed by atoms with Crippen LogP contribution in [-0.2, 0) is 6.54 Å². The molecule has 2 rings (SSSR count). The van der Waals surface area contributed by atoms with Crippen LogP contribution in [0, 0.1) is 6.92 Å². The van der Waals surface area contributed by atoms with Crippen LogP contribution in [0.5, 0.6) is 6.01 Å². The van der Waals surface area contributed by atoms with Gasteiger partial charge in [-0.3, -0.25) is 9.36 Å². The van der Waals surface area contributed by atoms with Crippen LogP contribution in [-0.4, -0.2) is 27.7 Å². The smallest absolute Gasteiger partial charge is 0.336 e. The average molecular weight is 274 g/mol. The largest absolute Gasteiger partial charge is 0.478 e. The Morgan fingerprint density at radius 2 is 2.10 bits per heavy atom. The van der Waals surface area contributed by atoms with Crippen molar-refractivity contribution < 1.29 is 14.6 Å². The molecule has 0 spiro atoms. The Morgan fingerprint density at radius 1 is 1.40 bits per heavy atom. The van der Waals surface area contributed by atoms with E-state index in [-0.39, 0.29) is 23.7 Å². The monoisotopic (exact) mass is 274 g/mol. The quantitative estimate of drug-likeness (QED) is 0.909. The van der Waals surface area contributed by atoms with Crippen LogP contribution >= 0.6 is 0 Å². The molecular formula is C14H14N2O4. The third-order valence-electron chi connectivity index (χ3n) is 2.86. The second-order valence-corrected chi connectivity index (χ2v) is 4.27. The molecule has 6 nitrogen and oxygen atoms in total. The zero-order valence-corrected chi connectivity index (χ0v) is 11.2. The Morgan fingerprint density at radius 3 is 2.75 bits per heavy atom. The molecule has 104 valence electrons. The van der Waals surface area contributed by atoms with E-state index in [1.165, 1.54) is 23.8 Å². The molecular weight excluding hydrogens is 260 g/mol. The molecule has 0 radical (unpaired) electrons. The number of hydrogen-bond donors (Lipinski definition) is 1. The maximum atomic E-state index is 12.0. The van der Waals surface area contributed by atoms with Gasteiger partial charge >= 0.3 is 5.97 Å². The molecule has 0 fully saturated rings. The molecule has 0 bridgehead atoms. The summed E-state index contributed by atoms with van der Waals surface area (Å²) in [4.78, 5) is 27.3. The number of aryl methyl sites for hydroxylation is 1. The zero-order chi connectivity index (χ0) is 14.7. The first-order valence-corrected chi connectivity index (χ1v) is 5.96. The van der Waals surface area contributed by atoms with Crippen LogP contribution in [0.15, 0.2) is 35.1 Å². The highest BCUT2D eigenvalue weighted by molar-refractivity contribution is 5.89. The Balaban J connectivity index is 2.51. The lowest BCUT2D eigenvalue weighted by atomic mass is 10.1. The number of carboxylic acids is 1. The summed E-state index contributed by atoms with van der Waals surface area (Å²) in [6.45, 7) is 1.79. The molecule has 1 N–H and O–H groups in total. The zero-order valence-electron chi connectivity index (χ0n) is 11.2. The van der Waals surface area contributed by atoms with Crippen LogP contribution in [0.4, 0.5) is 0 Å². The van der Waals surface area contributed by atoms with E-state index in [9.17, 15) is 9.59 Å². The van der Waals surface area contributed by atoms with E-state index in [4.69, 9.17) is 9.84 Å². The van der Waals surface area contributed by atoms with Crippen molar-refractivity contribution in [1.29, 1.82) is 0 Å². The Bertz CT molecular complexity index is 707. The van der Waals surface area contributed by atoms with Crippen LogP contribution < -0.4 is 10.3 Å². The highest BCUT2D eigenvalue weighted by Crippen LogP contribution is 2.13. The van der Waals surface area contributed by atoms with Gasteiger partial charge in [-0.05, 0) is 18.6 Å². The molecule has 0 atom stereocenters. The Kier molecular flexibility index (Phi) is 3.84. The summed E-state index contributed by atoms with van der Waals surface area (Å²) in [5.41, 5.74) is 0.942. The van der Waals surface area contributed by atoms with Crippen LogP contribution in [0.25, 0.3) is 0 Å². The van der Waals surface area contributed by atoms with Crippen LogP contribution in [0.1, 0.15) is 21.6 Å². The fraction of sp³-hybridized carbons (Fsp3) is 0.214. The lowest BCUT2D eigenvalue weighted by Gasteiger charge is -2.12. The molecule has 1 aromatic carbocycles. The number of methoxy groups -OCH3 is 1. The Hall–Kier alpha value is -2.63. The van der Waals surface area contributed by atoms with Gasteiger partial charge < -0.3 is 9.84 Å². The van der Waals surface area contributed by atoms with Gasteiger partial charge in [-0.15, -0.1) is 0 Å². The second kappa shape index (κ2) is 5.56. The topological polar surface area (TPSA) is 81.4 Å². The summed E-state index contributed by atoms with van der Waals surface area (Å²) in [5.74, 6) is -1.03. The fourth-order valence-electron chi connectivity index (χ4n) is 1.93. The number of benzene rings is 1. The number of carbonyl (C=O) groups is 1. The van der Waals surface area contributed by atoms with Crippen molar-refractivity contribution in [2.75, 3.05) is 7.11 Å². The number of rotatable bonds is 4. The van der Waals surface area contributed by atoms with Crippen molar-refractivity contribution in [3.63, 3.8) is 0 Å². The van der Waals surface area contributed by atoms with Gasteiger partial charge in [0.2, 0.25) is 0 Å². The normalized spacial score (nSPS) is 10.3. The van der Waals surface area contributed by atoms with Gasteiger partial charge in [0.05, 0.1) is 19.2 Å². The Labute approximate surface area is 115 Å². The van der Waals surface area contributed by atoms with E-state index in [0.717, 1.165) is 0 Å². The maximum absolute atomic E-state index is 12.0. The summed E-state index contributed by atoms with van der Waals surface area (Å²) in [6, 6.07) is 8.06. The molecule has 0 aliphatic rings. The standard InChI is InChI=1S/C14H14N2O4/c1-9-7-12(17)16(14(15-9)20-2)8-10-5-3-4-6-11(10)13(18)19/h3-7H,8H2,1-2H3,(H,18,19). The van der Waals surface area contributed by atoms with Crippen LogP contribution in [0.3, 0.4) is 0 Å². The summed E-state index contributed by atoms with van der Waals surface area (Å²) in [5, 5.41) is 9.15. The van der Waals surface area contributed by atoms with Crippen molar-refractivity contribution in [2.45, 2.75) is 13.5 Å². The van der Waals surface area contributed by atoms with Crippen LogP contribution in [0.2, 0.25) is 0 Å². The molecule has 0 saturated carbocycles. The van der Waals surface area contributed by atoms with Crippen molar-refractivity contribution in [3.8, 4) is 6.01 Å². The number of aromatic carboxylic acids is 1. The predicted molar refractivity (Wildman–Crippen MR) is 72.3 cm³/mol. The highest BCUT2D eigenvalue weighted by atomic mass is 16.5. The molecule has 0 unspecified atom stereocenters. The molecule has 20 heavy (non-hydrogen) atoms. The van der Waals surface area contributed by atoms with E-state index in [2.05, 4.69) is 4.98 Å². The van der Waals surface area contributed by atoms with E-state index >= 15 is 0 Å². The van der Waals surface area contributed by atoms with Crippen molar-refractivity contribution in [3.05, 3.63) is 57.5 Å². The number of carboxylic acid groups (broad SMARTS) is 1. The first-order valence-electron chi connectivity index (χ1n) is 5.96. The van der Waals surface area contributed by atoms with E-state index in [0.29, 0.717) is 11.3 Å². The average Bonchev–Trinajstić information content (AvgIpc) is 2.41. The molecule has 0 saturated heterocycles. The molecule has 2 aromatic rings. The summed E-state index contributed by atoms with van der Waals surface area (Å²) in [7, 11) is 1.42. The lowest BCUT2D eigenvalue weighted by Crippen LogP contribution is -2.24. The fourth-order valence-corrected chi connectivity index (χ4v) is 1.93. The lowest BCUT2D eigenvalue weighted by molar-refractivity contribution is 0.0695. The van der Waals surface area contributed by atoms with Gasteiger partial charge in [-0.2, -0.15) is 0 Å². The van der Waals surface area contributed by atoms with Gasteiger partial charge in [-0.25, -0.2) is 9.78 Å². The maximum Gasteiger partial charge on any atom is 0.336 e. The van der Waals surface area contributed by atoms with Gasteiger partial charge in [0.1, 0.15) is 0 Å². The van der Waals surface area contributed by atoms with Gasteiger partial charge in [0.25, 0.3) is 11.6 Å². The number of ether oxygens (including phenoxy) is 1. The molecule has 0 aliphatic carbocycles. The minimum atomic E-state index is -1.03. The van der Waals surface area contributed by atoms with Gasteiger partial charge in [0.15, 0.2) is 0 Å². The van der Waals surface area contributed by atoms with Gasteiger partial charge in [0, 0.05) is 11.8 Å². The van der Waals surface area contributed by atoms with E-state index in [1.807, 2.05) is 0 Å².